The number of aliphatic carboxylic acids is 1. The minimum Gasteiger partial charge on any atom is -0.503 e. The molecule has 0 atom stereocenters. The number of hydrogen-bond acceptors (Lipinski definition) is 2. The van der Waals surface area contributed by atoms with Gasteiger partial charge in [-0.2, -0.15) is 0 Å². The van der Waals surface area contributed by atoms with Crippen LogP contribution in [0.5, 0.6) is 0 Å². The van der Waals surface area contributed by atoms with Crippen LogP contribution in [0, 0.1) is 5.92 Å². The molecule has 12 heavy (non-hydrogen) atoms. The SMILES string of the molecule is C=C(/C(=C\OC)C(=O)O)C(C)C. The highest BCUT2D eigenvalue weighted by atomic mass is 16.5. The van der Waals surface area contributed by atoms with Gasteiger partial charge in [0.25, 0.3) is 0 Å². The molecule has 0 rings (SSSR count). The summed E-state index contributed by atoms with van der Waals surface area (Å²) in [5.74, 6) is -0.891. The van der Waals surface area contributed by atoms with Crippen LogP contribution in [0.3, 0.4) is 0 Å². The fraction of sp³-hybridized carbons (Fsp3) is 0.444. The molecule has 0 unspecified atom stereocenters. The minimum absolute atomic E-state index is 0.113. The van der Waals surface area contributed by atoms with Crippen molar-refractivity contribution < 1.29 is 14.6 Å². The first-order valence-electron chi connectivity index (χ1n) is 3.66. The van der Waals surface area contributed by atoms with Crippen molar-refractivity contribution in [1.82, 2.24) is 0 Å². The van der Waals surface area contributed by atoms with Crippen molar-refractivity contribution >= 4 is 5.97 Å². The van der Waals surface area contributed by atoms with Crippen molar-refractivity contribution in [2.24, 2.45) is 5.92 Å². The Morgan fingerprint density at radius 2 is 2.08 bits per heavy atom. The molecule has 1 N–H and O–H groups in total. The van der Waals surface area contributed by atoms with Crippen LogP contribution < -0.4 is 0 Å². The van der Waals surface area contributed by atoms with Gasteiger partial charge in [-0.3, -0.25) is 0 Å². The molecule has 68 valence electrons. The van der Waals surface area contributed by atoms with E-state index in [0.717, 1.165) is 0 Å². The van der Waals surface area contributed by atoms with E-state index >= 15 is 0 Å². The first-order chi connectivity index (χ1) is 5.50. The fourth-order valence-electron chi connectivity index (χ4n) is 0.692. The second kappa shape index (κ2) is 4.59. The zero-order valence-corrected chi connectivity index (χ0v) is 7.63. The highest BCUT2D eigenvalue weighted by Crippen LogP contribution is 2.17. The van der Waals surface area contributed by atoms with E-state index in [1.807, 2.05) is 13.8 Å². The monoisotopic (exact) mass is 170 g/mol. The van der Waals surface area contributed by atoms with Gasteiger partial charge in [0.05, 0.1) is 18.9 Å². The van der Waals surface area contributed by atoms with Gasteiger partial charge in [0.2, 0.25) is 0 Å². The highest BCUT2D eigenvalue weighted by molar-refractivity contribution is 5.91. The Balaban J connectivity index is 4.65. The van der Waals surface area contributed by atoms with Crippen LogP contribution in [0.25, 0.3) is 0 Å². The molecule has 0 saturated carbocycles. The third kappa shape index (κ3) is 2.78. The maximum atomic E-state index is 10.6. The lowest BCUT2D eigenvalue weighted by Gasteiger charge is -2.09. The van der Waals surface area contributed by atoms with Crippen LogP contribution in [0.1, 0.15) is 13.8 Å². The van der Waals surface area contributed by atoms with Crippen molar-refractivity contribution in [3.05, 3.63) is 24.0 Å². The molecule has 3 heteroatoms. The van der Waals surface area contributed by atoms with E-state index in [4.69, 9.17) is 5.11 Å². The molecule has 0 spiro atoms. The van der Waals surface area contributed by atoms with Crippen LogP contribution in [0.2, 0.25) is 0 Å². The van der Waals surface area contributed by atoms with Crippen molar-refractivity contribution in [1.29, 1.82) is 0 Å². The molecule has 0 radical (unpaired) electrons. The van der Waals surface area contributed by atoms with Gasteiger partial charge in [0.15, 0.2) is 0 Å². The number of methoxy groups -OCH3 is 1. The van der Waals surface area contributed by atoms with E-state index in [1.54, 1.807) is 0 Å². The average Bonchev–Trinajstić information content (AvgIpc) is 1.98. The van der Waals surface area contributed by atoms with Crippen LogP contribution in [0.4, 0.5) is 0 Å². The largest absolute Gasteiger partial charge is 0.503 e. The molecule has 0 aliphatic rings. The summed E-state index contributed by atoms with van der Waals surface area (Å²) in [7, 11) is 1.41. The molecular formula is C9H14O3. The molecule has 0 aromatic carbocycles. The van der Waals surface area contributed by atoms with E-state index in [9.17, 15) is 4.79 Å². The molecule has 0 aliphatic heterocycles. The van der Waals surface area contributed by atoms with Gasteiger partial charge in [-0.05, 0) is 11.5 Å². The van der Waals surface area contributed by atoms with E-state index in [1.165, 1.54) is 13.4 Å². The van der Waals surface area contributed by atoms with Crippen molar-refractivity contribution in [2.45, 2.75) is 13.8 Å². The molecule has 0 aromatic heterocycles. The Kier molecular flexibility index (Phi) is 4.11. The quantitative estimate of drug-likeness (QED) is 0.397. The van der Waals surface area contributed by atoms with E-state index in [-0.39, 0.29) is 11.5 Å². The Bertz CT molecular complexity index is 214. The zero-order chi connectivity index (χ0) is 9.72. The maximum absolute atomic E-state index is 10.6. The van der Waals surface area contributed by atoms with Crippen molar-refractivity contribution in [3.63, 3.8) is 0 Å². The number of ether oxygens (including phenoxy) is 1. The summed E-state index contributed by atoms with van der Waals surface area (Å²) in [5.41, 5.74) is 0.705. The average molecular weight is 170 g/mol. The van der Waals surface area contributed by atoms with Crippen LogP contribution in [-0.4, -0.2) is 18.2 Å². The summed E-state index contributed by atoms with van der Waals surface area (Å²) in [5, 5.41) is 8.71. The van der Waals surface area contributed by atoms with E-state index in [2.05, 4.69) is 11.3 Å². The first-order valence-corrected chi connectivity index (χ1v) is 3.66. The van der Waals surface area contributed by atoms with Crippen molar-refractivity contribution in [2.75, 3.05) is 7.11 Å². The number of carboxylic acids is 1. The molecule has 0 aromatic rings. The number of carbonyl (C=O) groups is 1. The van der Waals surface area contributed by atoms with Gasteiger partial charge in [-0.1, -0.05) is 20.4 Å². The number of rotatable bonds is 4. The number of hydrogen-bond donors (Lipinski definition) is 1. The van der Waals surface area contributed by atoms with Gasteiger partial charge in [0, 0.05) is 0 Å². The Morgan fingerprint density at radius 1 is 1.58 bits per heavy atom. The normalized spacial score (nSPS) is 11.5. The minimum atomic E-state index is -1.00. The van der Waals surface area contributed by atoms with Gasteiger partial charge in [0.1, 0.15) is 0 Å². The van der Waals surface area contributed by atoms with Gasteiger partial charge >= 0.3 is 5.97 Å². The molecule has 0 saturated heterocycles. The first kappa shape index (κ1) is 10.8. The molecule has 0 bridgehead atoms. The Morgan fingerprint density at radius 3 is 2.33 bits per heavy atom. The van der Waals surface area contributed by atoms with Crippen molar-refractivity contribution in [3.8, 4) is 0 Å². The Labute approximate surface area is 72.3 Å². The lowest BCUT2D eigenvalue weighted by atomic mass is 9.98. The van der Waals surface area contributed by atoms with Crippen LogP contribution in [0.15, 0.2) is 24.0 Å². The fourth-order valence-corrected chi connectivity index (χ4v) is 0.692. The summed E-state index contributed by atoms with van der Waals surface area (Å²) >= 11 is 0. The second-order valence-corrected chi connectivity index (χ2v) is 2.75. The summed E-state index contributed by atoms with van der Waals surface area (Å²) in [6.45, 7) is 7.43. The predicted molar refractivity (Wildman–Crippen MR) is 46.7 cm³/mol. The molecule has 0 fully saturated rings. The summed E-state index contributed by atoms with van der Waals surface area (Å²) in [6, 6.07) is 0. The third-order valence-corrected chi connectivity index (χ3v) is 1.51. The summed E-state index contributed by atoms with van der Waals surface area (Å²) in [6.07, 6.45) is 1.20. The number of carboxylic acid groups (broad SMARTS) is 1. The predicted octanol–water partition coefficient (Wildman–Crippen LogP) is 1.81. The highest BCUT2D eigenvalue weighted by Gasteiger charge is 2.14. The summed E-state index contributed by atoms with van der Waals surface area (Å²) < 4.78 is 4.63. The lowest BCUT2D eigenvalue weighted by Crippen LogP contribution is -2.07. The molecule has 0 heterocycles. The molecule has 3 nitrogen and oxygen atoms in total. The van der Waals surface area contributed by atoms with E-state index in [0.29, 0.717) is 5.57 Å². The topological polar surface area (TPSA) is 46.5 Å². The Hall–Kier alpha value is -1.25. The van der Waals surface area contributed by atoms with Crippen LogP contribution in [-0.2, 0) is 9.53 Å². The standard InChI is InChI=1S/C9H14O3/c1-6(2)7(3)8(5-12-4)9(10)11/h5-6H,3H2,1-2,4H3,(H,10,11)/b8-5+. The molecular weight excluding hydrogens is 156 g/mol. The maximum Gasteiger partial charge on any atom is 0.339 e. The van der Waals surface area contributed by atoms with E-state index < -0.39 is 5.97 Å². The lowest BCUT2D eigenvalue weighted by molar-refractivity contribution is -0.132. The van der Waals surface area contributed by atoms with Gasteiger partial charge in [-0.25, -0.2) is 4.79 Å². The molecule has 0 amide bonds. The van der Waals surface area contributed by atoms with Gasteiger partial charge < -0.3 is 9.84 Å². The zero-order valence-electron chi connectivity index (χ0n) is 7.63. The molecule has 0 aliphatic carbocycles. The summed E-state index contributed by atoms with van der Waals surface area (Å²) in [4.78, 5) is 10.6. The smallest absolute Gasteiger partial charge is 0.339 e. The third-order valence-electron chi connectivity index (χ3n) is 1.51. The second-order valence-electron chi connectivity index (χ2n) is 2.75. The van der Waals surface area contributed by atoms with Gasteiger partial charge in [-0.15, -0.1) is 0 Å². The van der Waals surface area contributed by atoms with Crippen LogP contribution >= 0.6 is 0 Å².